The van der Waals surface area contributed by atoms with Crippen LogP contribution in [0.25, 0.3) is 0 Å². The minimum absolute atomic E-state index is 0.177. The summed E-state index contributed by atoms with van der Waals surface area (Å²) in [6.45, 7) is 7.22. The molecule has 0 amide bonds. The molecule has 1 rings (SSSR count). The van der Waals surface area contributed by atoms with Gasteiger partial charge in [-0.15, -0.1) is 0 Å². The highest BCUT2D eigenvalue weighted by atomic mass is 79.9. The van der Waals surface area contributed by atoms with Crippen molar-refractivity contribution in [2.45, 2.75) is 33.2 Å². The largest absolute Gasteiger partial charge is 0.299 e. The minimum Gasteiger partial charge on any atom is -0.299 e. The van der Waals surface area contributed by atoms with Crippen LogP contribution in [-0.2, 0) is 6.54 Å². The van der Waals surface area contributed by atoms with Crippen molar-refractivity contribution in [2.24, 2.45) is 0 Å². The topological polar surface area (TPSA) is 3.24 Å². The molecule has 1 aromatic carbocycles. The van der Waals surface area contributed by atoms with Crippen LogP contribution in [-0.4, -0.2) is 18.0 Å². The monoisotopic (exact) mass is 287 g/mol. The van der Waals surface area contributed by atoms with Crippen molar-refractivity contribution in [1.82, 2.24) is 4.90 Å². The molecule has 3 heteroatoms. The van der Waals surface area contributed by atoms with Crippen LogP contribution in [0.5, 0.6) is 0 Å². The van der Waals surface area contributed by atoms with Gasteiger partial charge in [0, 0.05) is 6.54 Å². The van der Waals surface area contributed by atoms with Crippen LogP contribution in [0.3, 0.4) is 0 Å². The van der Waals surface area contributed by atoms with Gasteiger partial charge in [-0.05, 0) is 47.1 Å². The van der Waals surface area contributed by atoms with Gasteiger partial charge in [-0.1, -0.05) is 32.4 Å². The number of unbranched alkanes of at least 4 members (excludes halogenated alkanes) is 1. The van der Waals surface area contributed by atoms with Crippen LogP contribution in [0.2, 0.25) is 0 Å². The van der Waals surface area contributed by atoms with E-state index in [1.54, 1.807) is 6.07 Å². The third-order valence-electron chi connectivity index (χ3n) is 2.70. The summed E-state index contributed by atoms with van der Waals surface area (Å²) in [4.78, 5) is 2.34. The Morgan fingerprint density at radius 1 is 1.31 bits per heavy atom. The maximum atomic E-state index is 13.3. The first kappa shape index (κ1) is 13.7. The molecular formula is C13H19BrFN. The standard InChI is InChI=1S/C13H19BrFN/c1-3-5-9-16(4-2)10-11-7-6-8-12(15)13(11)14/h6-8H,3-5,9-10H2,1-2H3. The molecule has 0 fully saturated rings. The highest BCUT2D eigenvalue weighted by Crippen LogP contribution is 2.21. The van der Waals surface area contributed by atoms with Crippen molar-refractivity contribution >= 4 is 15.9 Å². The summed E-state index contributed by atoms with van der Waals surface area (Å²) in [6.07, 6.45) is 2.39. The van der Waals surface area contributed by atoms with Gasteiger partial charge in [0.2, 0.25) is 0 Å². The van der Waals surface area contributed by atoms with Gasteiger partial charge in [0.25, 0.3) is 0 Å². The average Bonchev–Trinajstić information content (AvgIpc) is 2.30. The Bertz CT molecular complexity index is 328. The number of nitrogens with zero attached hydrogens (tertiary/aromatic N) is 1. The van der Waals surface area contributed by atoms with Crippen LogP contribution >= 0.6 is 15.9 Å². The molecule has 1 aromatic rings. The van der Waals surface area contributed by atoms with E-state index >= 15 is 0 Å². The van der Waals surface area contributed by atoms with Crippen molar-refractivity contribution in [2.75, 3.05) is 13.1 Å². The second-order valence-corrected chi connectivity index (χ2v) is 4.73. The fourth-order valence-electron chi connectivity index (χ4n) is 1.64. The maximum Gasteiger partial charge on any atom is 0.137 e. The predicted molar refractivity (Wildman–Crippen MR) is 70.0 cm³/mol. The van der Waals surface area contributed by atoms with E-state index in [-0.39, 0.29) is 5.82 Å². The normalized spacial score (nSPS) is 11.1. The zero-order chi connectivity index (χ0) is 12.0. The van der Waals surface area contributed by atoms with Crippen molar-refractivity contribution in [3.8, 4) is 0 Å². The summed E-state index contributed by atoms with van der Waals surface area (Å²) in [7, 11) is 0. The molecule has 0 N–H and O–H groups in total. The second kappa shape index (κ2) is 7.02. The van der Waals surface area contributed by atoms with Gasteiger partial charge in [0.1, 0.15) is 5.82 Å². The lowest BCUT2D eigenvalue weighted by molar-refractivity contribution is 0.274. The molecule has 0 spiro atoms. The Morgan fingerprint density at radius 3 is 2.69 bits per heavy atom. The Labute approximate surface area is 106 Å². The average molecular weight is 288 g/mol. The molecule has 0 saturated heterocycles. The molecule has 16 heavy (non-hydrogen) atoms. The number of rotatable bonds is 6. The molecule has 90 valence electrons. The lowest BCUT2D eigenvalue weighted by atomic mass is 10.2. The SMILES string of the molecule is CCCCN(CC)Cc1cccc(F)c1Br. The fourth-order valence-corrected chi connectivity index (χ4v) is 2.03. The number of hydrogen-bond acceptors (Lipinski definition) is 1. The van der Waals surface area contributed by atoms with E-state index in [4.69, 9.17) is 0 Å². The minimum atomic E-state index is -0.177. The number of benzene rings is 1. The van der Waals surface area contributed by atoms with E-state index in [0.29, 0.717) is 4.47 Å². The summed E-state index contributed by atoms with van der Waals surface area (Å²) in [6, 6.07) is 5.22. The quantitative estimate of drug-likeness (QED) is 0.758. The van der Waals surface area contributed by atoms with E-state index in [0.717, 1.165) is 25.2 Å². The van der Waals surface area contributed by atoms with Gasteiger partial charge < -0.3 is 0 Å². The first-order chi connectivity index (χ1) is 7.69. The van der Waals surface area contributed by atoms with Gasteiger partial charge in [0.15, 0.2) is 0 Å². The molecule has 0 saturated carbocycles. The number of hydrogen-bond donors (Lipinski definition) is 0. The van der Waals surface area contributed by atoms with Crippen molar-refractivity contribution in [3.05, 3.63) is 34.1 Å². The third-order valence-corrected chi connectivity index (χ3v) is 3.59. The lowest BCUT2D eigenvalue weighted by Crippen LogP contribution is -2.24. The molecule has 0 aliphatic rings. The van der Waals surface area contributed by atoms with Crippen molar-refractivity contribution < 1.29 is 4.39 Å². The summed E-state index contributed by atoms with van der Waals surface area (Å²) < 4.78 is 13.9. The molecule has 0 aliphatic heterocycles. The Hall–Kier alpha value is -0.410. The van der Waals surface area contributed by atoms with Crippen LogP contribution in [0, 0.1) is 5.82 Å². The van der Waals surface area contributed by atoms with Gasteiger partial charge >= 0.3 is 0 Å². The van der Waals surface area contributed by atoms with Gasteiger partial charge in [-0.25, -0.2) is 4.39 Å². The summed E-state index contributed by atoms with van der Waals surface area (Å²) in [5.41, 5.74) is 1.03. The van der Waals surface area contributed by atoms with Crippen molar-refractivity contribution in [1.29, 1.82) is 0 Å². The van der Waals surface area contributed by atoms with Gasteiger partial charge in [-0.2, -0.15) is 0 Å². The summed E-state index contributed by atoms with van der Waals surface area (Å²) in [5, 5.41) is 0. The van der Waals surface area contributed by atoms with Crippen LogP contribution in [0.1, 0.15) is 32.3 Å². The molecular weight excluding hydrogens is 269 g/mol. The highest BCUT2D eigenvalue weighted by molar-refractivity contribution is 9.10. The maximum absolute atomic E-state index is 13.3. The zero-order valence-corrected chi connectivity index (χ0v) is 11.6. The first-order valence-corrected chi connectivity index (χ1v) is 6.63. The van der Waals surface area contributed by atoms with Gasteiger partial charge in [0.05, 0.1) is 4.47 Å². The molecule has 0 aliphatic carbocycles. The van der Waals surface area contributed by atoms with E-state index in [9.17, 15) is 4.39 Å². The van der Waals surface area contributed by atoms with Crippen LogP contribution < -0.4 is 0 Å². The van der Waals surface area contributed by atoms with E-state index < -0.39 is 0 Å². The van der Waals surface area contributed by atoms with Gasteiger partial charge in [-0.3, -0.25) is 4.90 Å². The zero-order valence-electron chi connectivity index (χ0n) is 9.97. The Morgan fingerprint density at radius 2 is 2.06 bits per heavy atom. The smallest absolute Gasteiger partial charge is 0.137 e. The van der Waals surface area contributed by atoms with Crippen LogP contribution in [0.15, 0.2) is 22.7 Å². The highest BCUT2D eigenvalue weighted by Gasteiger charge is 2.08. The molecule has 0 atom stereocenters. The Kier molecular flexibility index (Phi) is 5.99. The van der Waals surface area contributed by atoms with E-state index in [1.807, 2.05) is 6.07 Å². The fraction of sp³-hybridized carbons (Fsp3) is 0.538. The van der Waals surface area contributed by atoms with E-state index in [2.05, 4.69) is 34.7 Å². The van der Waals surface area contributed by atoms with Crippen molar-refractivity contribution in [3.63, 3.8) is 0 Å². The predicted octanol–water partition coefficient (Wildman–Crippen LogP) is 4.21. The Balaban J connectivity index is 2.66. The summed E-state index contributed by atoms with van der Waals surface area (Å²) >= 11 is 3.30. The lowest BCUT2D eigenvalue weighted by Gasteiger charge is -2.20. The molecule has 0 aromatic heterocycles. The second-order valence-electron chi connectivity index (χ2n) is 3.94. The third kappa shape index (κ3) is 3.87. The molecule has 0 unspecified atom stereocenters. The number of halogens is 2. The molecule has 0 bridgehead atoms. The van der Waals surface area contributed by atoms with E-state index in [1.165, 1.54) is 18.9 Å². The molecule has 1 nitrogen and oxygen atoms in total. The summed E-state index contributed by atoms with van der Waals surface area (Å²) in [5.74, 6) is -0.177. The van der Waals surface area contributed by atoms with Crippen LogP contribution in [0.4, 0.5) is 4.39 Å². The molecule has 0 radical (unpaired) electrons. The molecule has 0 heterocycles. The first-order valence-electron chi connectivity index (χ1n) is 5.84.